The van der Waals surface area contributed by atoms with Gasteiger partial charge in [0.25, 0.3) is 0 Å². The van der Waals surface area contributed by atoms with E-state index in [1.54, 1.807) is 0 Å². The lowest BCUT2D eigenvalue weighted by molar-refractivity contribution is 0.117. The number of rotatable bonds is 15. The molecule has 0 aliphatic carbocycles. The van der Waals surface area contributed by atoms with Gasteiger partial charge in [-0.05, 0) is 6.42 Å². The van der Waals surface area contributed by atoms with Gasteiger partial charge in [-0.2, -0.15) is 5.12 Å². The minimum atomic E-state index is 0.991. The van der Waals surface area contributed by atoms with Crippen molar-refractivity contribution in [3.8, 4) is 0 Å². The Labute approximate surface area is 121 Å². The SMILES string of the molecule is CCCCCCCCCCCCN(NCC)NCC. The van der Waals surface area contributed by atoms with Crippen LogP contribution in [0.4, 0.5) is 0 Å². The third-order valence-electron chi connectivity index (χ3n) is 3.43. The van der Waals surface area contributed by atoms with E-state index in [1.165, 1.54) is 64.2 Å². The molecule has 116 valence electrons. The highest BCUT2D eigenvalue weighted by molar-refractivity contribution is 4.50. The lowest BCUT2D eigenvalue weighted by atomic mass is 10.1. The summed E-state index contributed by atoms with van der Waals surface area (Å²) in [6.45, 7) is 9.66. The molecule has 0 aliphatic heterocycles. The molecule has 0 unspecified atom stereocenters. The number of hydrogen-bond acceptors (Lipinski definition) is 3. The lowest BCUT2D eigenvalue weighted by Crippen LogP contribution is -2.48. The smallest absolute Gasteiger partial charge is 0.0288 e. The summed E-state index contributed by atoms with van der Waals surface area (Å²) in [6, 6.07) is 0. The van der Waals surface area contributed by atoms with Crippen LogP contribution in [0.3, 0.4) is 0 Å². The zero-order valence-corrected chi connectivity index (χ0v) is 13.6. The van der Waals surface area contributed by atoms with E-state index in [2.05, 4.69) is 36.7 Å². The van der Waals surface area contributed by atoms with Crippen LogP contribution in [-0.4, -0.2) is 24.8 Å². The fourth-order valence-electron chi connectivity index (χ4n) is 2.35. The summed E-state index contributed by atoms with van der Waals surface area (Å²) in [5.74, 6) is 0. The van der Waals surface area contributed by atoms with Crippen molar-refractivity contribution in [3.05, 3.63) is 0 Å². The molecule has 0 spiro atoms. The van der Waals surface area contributed by atoms with E-state index in [1.807, 2.05) is 0 Å². The number of hydrogen-bond donors (Lipinski definition) is 2. The Morgan fingerprint density at radius 2 is 1.00 bits per heavy atom. The molecule has 0 fully saturated rings. The summed E-state index contributed by atoms with van der Waals surface area (Å²) in [6.07, 6.45) is 14.0. The van der Waals surface area contributed by atoms with Crippen molar-refractivity contribution in [3.63, 3.8) is 0 Å². The summed E-state index contributed by atoms with van der Waals surface area (Å²) in [7, 11) is 0. The van der Waals surface area contributed by atoms with Crippen LogP contribution in [0.15, 0.2) is 0 Å². The van der Waals surface area contributed by atoms with E-state index < -0.39 is 0 Å². The van der Waals surface area contributed by atoms with Gasteiger partial charge in [-0.25, -0.2) is 10.9 Å². The molecule has 0 amide bonds. The first-order valence-corrected chi connectivity index (χ1v) is 8.59. The summed E-state index contributed by atoms with van der Waals surface area (Å²) in [5, 5.41) is 2.14. The fourth-order valence-corrected chi connectivity index (χ4v) is 2.35. The standard InChI is InChI=1S/C16H37N3/c1-4-7-8-9-10-11-12-13-14-15-16-19(17-5-2)18-6-3/h17-18H,4-16H2,1-3H3. The van der Waals surface area contributed by atoms with Gasteiger partial charge in [0.2, 0.25) is 0 Å². The Hall–Kier alpha value is -0.120. The molecule has 3 heteroatoms. The van der Waals surface area contributed by atoms with Crippen LogP contribution < -0.4 is 10.9 Å². The van der Waals surface area contributed by atoms with Crippen molar-refractivity contribution >= 4 is 0 Å². The van der Waals surface area contributed by atoms with Gasteiger partial charge in [0.05, 0.1) is 0 Å². The van der Waals surface area contributed by atoms with Crippen LogP contribution in [0.5, 0.6) is 0 Å². The van der Waals surface area contributed by atoms with Crippen LogP contribution >= 0.6 is 0 Å². The van der Waals surface area contributed by atoms with Gasteiger partial charge in [0.1, 0.15) is 0 Å². The third-order valence-corrected chi connectivity index (χ3v) is 3.43. The highest BCUT2D eigenvalue weighted by Crippen LogP contribution is 2.10. The summed E-state index contributed by atoms with van der Waals surface area (Å²) < 4.78 is 0. The Morgan fingerprint density at radius 1 is 0.579 bits per heavy atom. The second kappa shape index (κ2) is 15.9. The van der Waals surface area contributed by atoms with Crippen molar-refractivity contribution in [2.24, 2.45) is 0 Å². The molecule has 0 atom stereocenters. The molecule has 0 saturated carbocycles. The molecular formula is C16H37N3. The quantitative estimate of drug-likeness (QED) is 0.344. The van der Waals surface area contributed by atoms with Gasteiger partial charge in [0, 0.05) is 19.6 Å². The van der Waals surface area contributed by atoms with E-state index in [4.69, 9.17) is 0 Å². The molecule has 0 bridgehead atoms. The van der Waals surface area contributed by atoms with E-state index in [9.17, 15) is 0 Å². The van der Waals surface area contributed by atoms with Crippen LogP contribution in [0.25, 0.3) is 0 Å². The molecule has 3 nitrogen and oxygen atoms in total. The van der Waals surface area contributed by atoms with Crippen LogP contribution in [-0.2, 0) is 0 Å². The van der Waals surface area contributed by atoms with Gasteiger partial charge in [-0.15, -0.1) is 0 Å². The number of hydrazine groups is 2. The molecule has 0 aromatic carbocycles. The molecule has 0 aromatic heterocycles. The molecular weight excluding hydrogens is 234 g/mol. The molecule has 0 radical (unpaired) electrons. The van der Waals surface area contributed by atoms with Gasteiger partial charge < -0.3 is 0 Å². The zero-order valence-electron chi connectivity index (χ0n) is 13.6. The van der Waals surface area contributed by atoms with Crippen LogP contribution in [0, 0.1) is 0 Å². The average molecular weight is 271 g/mol. The Balaban J connectivity index is 3.20. The van der Waals surface area contributed by atoms with E-state index >= 15 is 0 Å². The minimum Gasteiger partial charge on any atom is -0.242 e. The maximum atomic E-state index is 3.34. The van der Waals surface area contributed by atoms with Crippen molar-refractivity contribution in [2.75, 3.05) is 19.6 Å². The topological polar surface area (TPSA) is 27.3 Å². The van der Waals surface area contributed by atoms with Gasteiger partial charge in [0.15, 0.2) is 0 Å². The first kappa shape index (κ1) is 18.9. The normalized spacial score (nSPS) is 11.4. The molecule has 0 rings (SSSR count). The summed E-state index contributed by atoms with van der Waals surface area (Å²) >= 11 is 0. The van der Waals surface area contributed by atoms with Crippen molar-refractivity contribution in [2.45, 2.75) is 85.0 Å². The Morgan fingerprint density at radius 3 is 1.42 bits per heavy atom. The predicted octanol–water partition coefficient (Wildman–Crippen LogP) is 4.26. The Bertz CT molecular complexity index is 156. The molecule has 0 aromatic rings. The average Bonchev–Trinajstić information content (AvgIpc) is 2.41. The maximum absolute atomic E-state index is 3.34. The van der Waals surface area contributed by atoms with Gasteiger partial charge in [-0.3, -0.25) is 0 Å². The second-order valence-electron chi connectivity index (χ2n) is 5.36. The highest BCUT2D eigenvalue weighted by Gasteiger charge is 2.00. The molecule has 2 N–H and O–H groups in total. The molecule has 0 aliphatic rings. The van der Waals surface area contributed by atoms with Crippen LogP contribution in [0.1, 0.15) is 85.0 Å². The van der Waals surface area contributed by atoms with Gasteiger partial charge in [-0.1, -0.05) is 78.6 Å². The highest BCUT2D eigenvalue weighted by atomic mass is 15.7. The lowest BCUT2D eigenvalue weighted by Gasteiger charge is -2.22. The summed E-state index contributed by atoms with van der Waals surface area (Å²) in [4.78, 5) is 0. The summed E-state index contributed by atoms with van der Waals surface area (Å²) in [5.41, 5.74) is 6.67. The number of unbranched alkanes of at least 4 members (excludes halogenated alkanes) is 9. The largest absolute Gasteiger partial charge is 0.242 e. The first-order chi connectivity index (χ1) is 9.35. The minimum absolute atomic E-state index is 0.991. The third kappa shape index (κ3) is 14.1. The van der Waals surface area contributed by atoms with Crippen molar-refractivity contribution in [1.29, 1.82) is 0 Å². The molecule has 0 saturated heterocycles. The van der Waals surface area contributed by atoms with E-state index in [0.717, 1.165) is 19.6 Å². The predicted molar refractivity (Wildman–Crippen MR) is 85.9 cm³/mol. The first-order valence-electron chi connectivity index (χ1n) is 8.59. The Kier molecular flexibility index (Phi) is 15.8. The van der Waals surface area contributed by atoms with Crippen LogP contribution in [0.2, 0.25) is 0 Å². The van der Waals surface area contributed by atoms with E-state index in [0.29, 0.717) is 0 Å². The molecule has 19 heavy (non-hydrogen) atoms. The van der Waals surface area contributed by atoms with Crippen molar-refractivity contribution < 1.29 is 0 Å². The maximum Gasteiger partial charge on any atom is 0.0288 e. The monoisotopic (exact) mass is 271 g/mol. The second-order valence-corrected chi connectivity index (χ2v) is 5.36. The zero-order chi connectivity index (χ0) is 14.2. The van der Waals surface area contributed by atoms with Crippen molar-refractivity contribution in [1.82, 2.24) is 16.0 Å². The fraction of sp³-hybridized carbons (Fsp3) is 1.00. The van der Waals surface area contributed by atoms with E-state index in [-0.39, 0.29) is 0 Å². The number of nitrogens with zero attached hydrogens (tertiary/aromatic N) is 1. The number of nitrogens with one attached hydrogen (secondary N) is 2. The molecule has 0 heterocycles. The van der Waals surface area contributed by atoms with Gasteiger partial charge >= 0.3 is 0 Å².